The molecule has 0 saturated carbocycles. The predicted molar refractivity (Wildman–Crippen MR) is 104 cm³/mol. The van der Waals surface area contributed by atoms with Crippen LogP contribution in [0.15, 0.2) is 28.1 Å². The molecule has 0 aliphatic heterocycles. The number of anilines is 1. The average Bonchev–Trinajstić information content (AvgIpc) is 3.30. The minimum atomic E-state index is -0.154. The number of ether oxygens (including phenoxy) is 1. The molecule has 0 spiro atoms. The fourth-order valence-electron chi connectivity index (χ4n) is 2.41. The molecule has 2 heterocycles. The van der Waals surface area contributed by atoms with Crippen LogP contribution in [0.25, 0.3) is 11.3 Å². The van der Waals surface area contributed by atoms with Crippen molar-refractivity contribution in [3.63, 3.8) is 0 Å². The highest BCUT2D eigenvalue weighted by atomic mass is 35.5. The van der Waals surface area contributed by atoms with E-state index < -0.39 is 0 Å². The summed E-state index contributed by atoms with van der Waals surface area (Å²) in [7, 11) is 1.57. The smallest absolute Gasteiger partial charge is 0.227 e. The number of nitrogens with zero attached hydrogens (tertiary/aromatic N) is 3. The molecule has 0 radical (unpaired) electrons. The Morgan fingerprint density at radius 1 is 1.33 bits per heavy atom. The summed E-state index contributed by atoms with van der Waals surface area (Å²) in [5, 5.41) is 9.57. The van der Waals surface area contributed by atoms with Gasteiger partial charge in [-0.15, -0.1) is 11.3 Å². The number of aromatic nitrogens is 3. The van der Waals surface area contributed by atoms with Gasteiger partial charge in [-0.05, 0) is 24.6 Å². The van der Waals surface area contributed by atoms with E-state index in [9.17, 15) is 4.79 Å². The highest BCUT2D eigenvalue weighted by molar-refractivity contribution is 7.14. The van der Waals surface area contributed by atoms with E-state index in [4.69, 9.17) is 20.9 Å². The molecule has 3 rings (SSSR count). The van der Waals surface area contributed by atoms with Crippen molar-refractivity contribution in [2.24, 2.45) is 0 Å². The normalized spacial score (nSPS) is 10.8. The van der Waals surface area contributed by atoms with Crippen LogP contribution in [0.5, 0.6) is 5.75 Å². The van der Waals surface area contributed by atoms with Gasteiger partial charge in [-0.2, -0.15) is 4.98 Å². The number of methoxy groups -OCH3 is 1. The van der Waals surface area contributed by atoms with Gasteiger partial charge in [0.1, 0.15) is 5.75 Å². The second-order valence-corrected chi connectivity index (χ2v) is 7.06. The van der Waals surface area contributed by atoms with Crippen molar-refractivity contribution >= 4 is 34.0 Å². The number of benzene rings is 1. The van der Waals surface area contributed by atoms with Crippen molar-refractivity contribution in [3.8, 4) is 17.0 Å². The Bertz CT molecular complexity index is 925. The molecule has 0 atom stereocenters. The first kappa shape index (κ1) is 19.3. The highest BCUT2D eigenvalue weighted by Crippen LogP contribution is 2.31. The SMILES string of the molecule is CCCc1noc(CCC(=O)Nc2nc(-c3ccc(OC)c(Cl)c3)cs2)n1. The number of carbonyl (C=O) groups is 1. The molecule has 0 aliphatic carbocycles. The average molecular weight is 407 g/mol. The quantitative estimate of drug-likeness (QED) is 0.597. The van der Waals surface area contributed by atoms with Crippen LogP contribution in [0.4, 0.5) is 5.13 Å². The fourth-order valence-corrected chi connectivity index (χ4v) is 3.40. The summed E-state index contributed by atoms with van der Waals surface area (Å²) in [5.41, 5.74) is 1.59. The van der Waals surface area contributed by atoms with Gasteiger partial charge in [0, 0.05) is 30.2 Å². The van der Waals surface area contributed by atoms with Crippen LogP contribution < -0.4 is 10.1 Å². The lowest BCUT2D eigenvalue weighted by molar-refractivity contribution is -0.116. The number of carbonyl (C=O) groups excluding carboxylic acids is 1. The first-order valence-electron chi connectivity index (χ1n) is 8.49. The predicted octanol–water partition coefficient (Wildman–Crippen LogP) is 4.38. The summed E-state index contributed by atoms with van der Waals surface area (Å²) >= 11 is 7.50. The van der Waals surface area contributed by atoms with E-state index >= 15 is 0 Å². The van der Waals surface area contributed by atoms with E-state index in [1.165, 1.54) is 11.3 Å². The zero-order valence-corrected chi connectivity index (χ0v) is 16.6. The van der Waals surface area contributed by atoms with Gasteiger partial charge < -0.3 is 14.6 Å². The van der Waals surface area contributed by atoms with Crippen molar-refractivity contribution in [2.75, 3.05) is 12.4 Å². The van der Waals surface area contributed by atoms with Crippen LogP contribution in [-0.4, -0.2) is 28.1 Å². The van der Waals surface area contributed by atoms with Crippen LogP contribution in [-0.2, 0) is 17.6 Å². The molecular weight excluding hydrogens is 388 g/mol. The molecule has 3 aromatic rings. The first-order valence-corrected chi connectivity index (χ1v) is 9.75. The van der Waals surface area contributed by atoms with Crippen molar-refractivity contribution in [3.05, 3.63) is 40.3 Å². The molecule has 7 nitrogen and oxygen atoms in total. The number of hydrogen-bond acceptors (Lipinski definition) is 7. The van der Waals surface area contributed by atoms with E-state index in [0.717, 1.165) is 24.1 Å². The maximum atomic E-state index is 12.1. The van der Waals surface area contributed by atoms with Crippen LogP contribution in [0.3, 0.4) is 0 Å². The molecule has 1 amide bonds. The Hall–Kier alpha value is -2.45. The van der Waals surface area contributed by atoms with Gasteiger partial charge in [0.25, 0.3) is 0 Å². The maximum Gasteiger partial charge on any atom is 0.227 e. The lowest BCUT2D eigenvalue weighted by Gasteiger charge is -2.04. The monoisotopic (exact) mass is 406 g/mol. The number of rotatable bonds is 8. The first-order chi connectivity index (χ1) is 13.1. The van der Waals surface area contributed by atoms with Crippen LogP contribution >= 0.6 is 22.9 Å². The molecule has 1 N–H and O–H groups in total. The molecule has 9 heteroatoms. The largest absolute Gasteiger partial charge is 0.495 e. The van der Waals surface area contributed by atoms with Crippen molar-refractivity contribution in [1.29, 1.82) is 0 Å². The second kappa shape index (κ2) is 8.96. The molecular formula is C18H19ClN4O3S. The number of halogens is 1. The minimum absolute atomic E-state index is 0.154. The van der Waals surface area contributed by atoms with E-state index in [2.05, 4.69) is 20.4 Å². The highest BCUT2D eigenvalue weighted by Gasteiger charge is 2.12. The van der Waals surface area contributed by atoms with Gasteiger partial charge in [0.05, 0.1) is 17.8 Å². The Labute approximate surface area is 165 Å². The number of nitrogens with one attached hydrogen (secondary N) is 1. The summed E-state index contributed by atoms with van der Waals surface area (Å²) in [6, 6.07) is 5.44. The summed E-state index contributed by atoms with van der Waals surface area (Å²) in [6.45, 7) is 2.05. The van der Waals surface area contributed by atoms with E-state index in [-0.39, 0.29) is 12.3 Å². The molecule has 0 unspecified atom stereocenters. The van der Waals surface area contributed by atoms with Gasteiger partial charge in [-0.3, -0.25) is 4.79 Å². The maximum absolute atomic E-state index is 12.1. The molecule has 27 heavy (non-hydrogen) atoms. The fraction of sp³-hybridized carbons (Fsp3) is 0.333. The second-order valence-electron chi connectivity index (χ2n) is 5.79. The molecule has 0 aliphatic rings. The lowest BCUT2D eigenvalue weighted by Crippen LogP contribution is -2.12. The zero-order chi connectivity index (χ0) is 19.2. The lowest BCUT2D eigenvalue weighted by atomic mass is 10.2. The molecule has 0 saturated heterocycles. The summed E-state index contributed by atoms with van der Waals surface area (Å²) in [5.74, 6) is 1.60. The molecule has 142 valence electrons. The number of thiazole rings is 1. The van der Waals surface area contributed by atoms with Crippen LogP contribution in [0.1, 0.15) is 31.5 Å². The molecule has 0 fully saturated rings. The minimum Gasteiger partial charge on any atom is -0.495 e. The van der Waals surface area contributed by atoms with Gasteiger partial charge in [0.2, 0.25) is 11.8 Å². The number of aryl methyl sites for hydroxylation is 2. The van der Waals surface area contributed by atoms with E-state index in [1.807, 2.05) is 18.4 Å². The third-order valence-electron chi connectivity index (χ3n) is 3.75. The van der Waals surface area contributed by atoms with Crippen LogP contribution in [0.2, 0.25) is 5.02 Å². The summed E-state index contributed by atoms with van der Waals surface area (Å²) in [4.78, 5) is 20.8. The Balaban J connectivity index is 1.56. The Morgan fingerprint density at radius 3 is 2.93 bits per heavy atom. The standard InChI is InChI=1S/C18H19ClN4O3S/c1-3-4-15-21-17(26-23-15)8-7-16(24)22-18-20-13(10-27-18)11-5-6-14(25-2)12(19)9-11/h5-6,9-10H,3-4,7-8H2,1-2H3,(H,20,22,24). The van der Waals surface area contributed by atoms with E-state index in [1.54, 1.807) is 19.2 Å². The van der Waals surface area contributed by atoms with E-state index in [0.29, 0.717) is 34.0 Å². The van der Waals surface area contributed by atoms with Gasteiger partial charge >= 0.3 is 0 Å². The number of amides is 1. The molecule has 2 aromatic heterocycles. The van der Waals surface area contributed by atoms with Crippen molar-refractivity contribution < 1.29 is 14.1 Å². The summed E-state index contributed by atoms with van der Waals surface area (Å²) in [6.07, 6.45) is 2.37. The molecule has 1 aromatic carbocycles. The third-order valence-corrected chi connectivity index (χ3v) is 4.80. The van der Waals surface area contributed by atoms with Crippen molar-refractivity contribution in [2.45, 2.75) is 32.6 Å². The summed E-state index contributed by atoms with van der Waals surface area (Å²) < 4.78 is 10.3. The zero-order valence-electron chi connectivity index (χ0n) is 15.0. The van der Waals surface area contributed by atoms with Crippen LogP contribution in [0, 0.1) is 0 Å². The third kappa shape index (κ3) is 5.05. The molecule has 0 bridgehead atoms. The number of hydrogen-bond donors (Lipinski definition) is 1. The van der Waals surface area contributed by atoms with Crippen molar-refractivity contribution in [1.82, 2.24) is 15.1 Å². The Morgan fingerprint density at radius 2 is 2.19 bits per heavy atom. The Kier molecular flexibility index (Phi) is 6.41. The topological polar surface area (TPSA) is 90.1 Å². The van der Waals surface area contributed by atoms with Gasteiger partial charge in [0.15, 0.2) is 11.0 Å². The van der Waals surface area contributed by atoms with Gasteiger partial charge in [-0.25, -0.2) is 4.98 Å². The van der Waals surface area contributed by atoms with Gasteiger partial charge in [-0.1, -0.05) is 23.7 Å².